The Morgan fingerprint density at radius 3 is 3.00 bits per heavy atom. The number of hydrogen-bond acceptors (Lipinski definition) is 12. The summed E-state index contributed by atoms with van der Waals surface area (Å²) in [5.74, 6) is -2.33. The first-order chi connectivity index (χ1) is 16.4. The van der Waals surface area contributed by atoms with Crippen molar-refractivity contribution in [2.24, 2.45) is 5.16 Å². The molecule has 2 amide bonds. The molecule has 0 unspecified atom stereocenters. The number of hydrogen-bond donors (Lipinski definition) is 4. The summed E-state index contributed by atoms with van der Waals surface area (Å²) in [4.78, 5) is 47.6. The van der Waals surface area contributed by atoms with Crippen molar-refractivity contribution in [3.8, 4) is 0 Å². The summed E-state index contributed by atoms with van der Waals surface area (Å²) in [5.41, 5.74) is 5.58. The van der Waals surface area contributed by atoms with Crippen LogP contribution in [-0.2, 0) is 19.2 Å². The number of aromatic nitrogens is 2. The third-order valence-corrected chi connectivity index (χ3v) is 7.58. The van der Waals surface area contributed by atoms with Gasteiger partial charge < -0.3 is 30.8 Å². The fraction of sp³-hybridized carbons (Fsp3) is 0.474. The van der Waals surface area contributed by atoms with Crippen LogP contribution in [0.2, 0.25) is 0 Å². The van der Waals surface area contributed by atoms with Crippen LogP contribution in [0, 0.1) is 0 Å². The lowest BCUT2D eigenvalue weighted by atomic mass is 10.0. The van der Waals surface area contributed by atoms with E-state index in [9.17, 15) is 19.5 Å². The van der Waals surface area contributed by atoms with Crippen molar-refractivity contribution in [3.63, 3.8) is 0 Å². The number of carboxylic acid groups (broad SMARTS) is 1. The summed E-state index contributed by atoms with van der Waals surface area (Å²) in [5, 5.41) is 24.7. The minimum absolute atomic E-state index is 0.0743. The minimum Gasteiger partial charge on any atom is -0.477 e. The lowest BCUT2D eigenvalue weighted by Crippen LogP contribution is -2.71. The zero-order valence-corrected chi connectivity index (χ0v) is 19.7. The molecule has 0 saturated carbocycles. The lowest BCUT2D eigenvalue weighted by Gasteiger charge is -2.49. The Morgan fingerprint density at radius 1 is 1.53 bits per heavy atom. The molecule has 1 aromatic heterocycles. The highest BCUT2D eigenvalue weighted by Gasteiger charge is 2.54. The quantitative estimate of drug-likeness (QED) is 0.194. The number of oxime groups is 1. The molecule has 4 rings (SSSR count). The van der Waals surface area contributed by atoms with Gasteiger partial charge in [-0.1, -0.05) is 10.3 Å². The smallest absolute Gasteiger partial charge is 0.352 e. The van der Waals surface area contributed by atoms with Gasteiger partial charge in [0, 0.05) is 17.5 Å². The van der Waals surface area contributed by atoms with E-state index in [0.29, 0.717) is 16.6 Å². The van der Waals surface area contributed by atoms with Crippen molar-refractivity contribution in [2.45, 2.75) is 30.0 Å². The maximum atomic E-state index is 12.9. The van der Waals surface area contributed by atoms with E-state index < -0.39 is 29.2 Å². The molecule has 0 aromatic carbocycles. The third-order valence-electron chi connectivity index (χ3n) is 5.20. The zero-order valence-electron chi connectivity index (χ0n) is 18.1. The number of fused-ring (bicyclic) bond motifs is 1. The van der Waals surface area contributed by atoms with Crippen LogP contribution in [-0.4, -0.2) is 85.8 Å². The van der Waals surface area contributed by atoms with Crippen molar-refractivity contribution >= 4 is 53.0 Å². The van der Waals surface area contributed by atoms with Gasteiger partial charge in [-0.15, -0.1) is 23.5 Å². The molecule has 182 valence electrons. The Labute approximate surface area is 202 Å². The minimum atomic E-state index is -1.20. The first-order valence-electron chi connectivity index (χ1n) is 10.4. The average molecular weight is 510 g/mol. The normalized spacial score (nSPS) is 24.9. The summed E-state index contributed by atoms with van der Waals surface area (Å²) in [6, 6.07) is -1.22. The zero-order chi connectivity index (χ0) is 24.2. The van der Waals surface area contributed by atoms with Crippen molar-refractivity contribution < 1.29 is 28.9 Å². The Bertz CT molecular complexity index is 1070. The molecule has 2 fully saturated rings. The summed E-state index contributed by atoms with van der Waals surface area (Å²) in [7, 11) is 0. The maximum absolute atomic E-state index is 12.9. The second-order valence-corrected chi connectivity index (χ2v) is 9.72. The van der Waals surface area contributed by atoms with Crippen LogP contribution in [0.3, 0.4) is 0 Å². The van der Waals surface area contributed by atoms with Crippen molar-refractivity contribution in [1.82, 2.24) is 25.7 Å². The standard InChI is InChI=1S/C19H23N7O6S2/c1-2-31-24-11(14-23-19(20)32-25-14)15(27)22-12-16(28)26-13(18(29)30)9(8-34-17(12)26)4-6-33-10-3-5-21-7-10/h4,6,10,12,17,21H,2-3,5,7-8H2,1H3,(H,22,27)(H,29,30)(H2,20,23,25)/b6-4?,24-11-/t10-,12+,17+/m0/s1. The van der Waals surface area contributed by atoms with E-state index >= 15 is 0 Å². The summed E-state index contributed by atoms with van der Waals surface area (Å²) in [6.07, 6.45) is 2.80. The molecule has 1 aromatic rings. The molecule has 3 aliphatic heterocycles. The highest BCUT2D eigenvalue weighted by Crippen LogP contribution is 2.41. The van der Waals surface area contributed by atoms with Gasteiger partial charge in [-0.05, 0) is 36.9 Å². The number of carbonyl (C=O) groups excluding carboxylic acids is 2. The topological polar surface area (TPSA) is 185 Å². The largest absolute Gasteiger partial charge is 0.477 e. The number of nitrogen functional groups attached to an aromatic ring is 1. The van der Waals surface area contributed by atoms with Crippen LogP contribution < -0.4 is 16.4 Å². The molecule has 13 nitrogen and oxygen atoms in total. The summed E-state index contributed by atoms with van der Waals surface area (Å²) >= 11 is 3.00. The molecular formula is C19H23N7O6S2. The number of rotatable bonds is 9. The molecule has 0 radical (unpaired) electrons. The number of carboxylic acids is 1. The van der Waals surface area contributed by atoms with Crippen LogP contribution in [0.15, 0.2) is 32.4 Å². The molecule has 15 heteroatoms. The highest BCUT2D eigenvalue weighted by atomic mass is 32.2. The van der Waals surface area contributed by atoms with Gasteiger partial charge in [0.05, 0.1) is 0 Å². The number of nitrogens with zero attached hydrogens (tertiary/aromatic N) is 4. The third kappa shape index (κ3) is 4.90. The van der Waals surface area contributed by atoms with E-state index in [0.717, 1.165) is 19.5 Å². The first-order valence-corrected chi connectivity index (χ1v) is 12.4. The number of nitrogens with one attached hydrogen (secondary N) is 2. The molecular weight excluding hydrogens is 486 g/mol. The highest BCUT2D eigenvalue weighted by molar-refractivity contribution is 8.02. The predicted octanol–water partition coefficient (Wildman–Crippen LogP) is -0.260. The van der Waals surface area contributed by atoms with Crippen molar-refractivity contribution in [2.75, 3.05) is 31.2 Å². The Morgan fingerprint density at radius 2 is 2.35 bits per heavy atom. The van der Waals surface area contributed by atoms with Crippen molar-refractivity contribution in [3.05, 3.63) is 28.6 Å². The van der Waals surface area contributed by atoms with Crippen molar-refractivity contribution in [1.29, 1.82) is 0 Å². The van der Waals surface area contributed by atoms with Gasteiger partial charge in [0.25, 0.3) is 11.8 Å². The molecule has 0 bridgehead atoms. The second-order valence-electron chi connectivity index (χ2n) is 7.41. The number of amides is 2. The average Bonchev–Trinajstić information content (AvgIpc) is 3.49. The van der Waals surface area contributed by atoms with E-state index in [1.165, 1.54) is 16.7 Å². The lowest BCUT2D eigenvalue weighted by molar-refractivity contribution is -0.150. The SMILES string of the molecule is CCO/N=C(\C(=O)N[C@@H]1C(=O)N2C(C(=O)O)=C(C=CS[C@H]3CCNC3)CS[C@H]12)c1noc(N)n1. The van der Waals surface area contributed by atoms with Crippen LogP contribution in [0.5, 0.6) is 0 Å². The van der Waals surface area contributed by atoms with Crippen LogP contribution in [0.4, 0.5) is 6.01 Å². The molecule has 5 N–H and O–H groups in total. The number of allylic oxidation sites excluding steroid dienone is 1. The number of carbonyl (C=O) groups is 3. The number of nitrogens with two attached hydrogens (primary N) is 1. The van der Waals surface area contributed by atoms with Crippen LogP contribution in [0.1, 0.15) is 19.2 Å². The molecule has 2 saturated heterocycles. The predicted molar refractivity (Wildman–Crippen MR) is 125 cm³/mol. The Kier molecular flexibility index (Phi) is 7.43. The number of β-lactam (4-membered cyclic amide) rings is 1. The Balaban J connectivity index is 1.47. The Hall–Kier alpha value is -3.04. The fourth-order valence-electron chi connectivity index (χ4n) is 3.60. The molecule has 34 heavy (non-hydrogen) atoms. The fourth-order valence-corrected chi connectivity index (χ4v) is 5.85. The van der Waals surface area contributed by atoms with Gasteiger partial charge in [-0.25, -0.2) is 4.79 Å². The van der Waals surface area contributed by atoms with Gasteiger partial charge in [-0.2, -0.15) is 4.98 Å². The molecule has 3 atom stereocenters. The number of aliphatic carboxylic acids is 1. The monoisotopic (exact) mass is 509 g/mol. The van der Waals surface area contributed by atoms with Crippen LogP contribution in [0.25, 0.3) is 0 Å². The maximum Gasteiger partial charge on any atom is 0.352 e. The van der Waals surface area contributed by atoms with Gasteiger partial charge in [-0.3, -0.25) is 14.5 Å². The van der Waals surface area contributed by atoms with Gasteiger partial charge in [0.15, 0.2) is 0 Å². The summed E-state index contributed by atoms with van der Waals surface area (Å²) < 4.78 is 4.68. The molecule has 4 heterocycles. The molecule has 3 aliphatic rings. The molecule has 0 aliphatic carbocycles. The van der Waals surface area contributed by atoms with E-state index in [2.05, 4.69) is 30.5 Å². The van der Waals surface area contributed by atoms with Gasteiger partial charge >= 0.3 is 12.0 Å². The number of anilines is 1. The van der Waals surface area contributed by atoms with E-state index in [-0.39, 0.29) is 29.9 Å². The summed E-state index contributed by atoms with van der Waals surface area (Å²) in [6.45, 7) is 3.73. The first kappa shape index (κ1) is 24.1. The van der Waals surface area contributed by atoms with E-state index in [4.69, 9.17) is 10.6 Å². The molecule has 0 spiro atoms. The van der Waals surface area contributed by atoms with Crippen LogP contribution >= 0.6 is 23.5 Å². The number of thioether (sulfide) groups is 2. The van der Waals surface area contributed by atoms with E-state index in [1.807, 2.05) is 5.41 Å². The second kappa shape index (κ2) is 10.5. The van der Waals surface area contributed by atoms with E-state index in [1.54, 1.807) is 24.8 Å². The van der Waals surface area contributed by atoms with Gasteiger partial charge in [0.2, 0.25) is 11.5 Å². The van der Waals surface area contributed by atoms with Gasteiger partial charge in [0.1, 0.15) is 23.7 Å².